The number of allylic oxidation sites excluding steroid dienone is 2. The normalized spacial score (nSPS) is 50.9. The maximum atomic E-state index is 5.58. The molecule has 0 heterocycles. The first kappa shape index (κ1) is 7.66. The number of hydrogen-bond donors (Lipinski definition) is 0. The lowest BCUT2D eigenvalue weighted by atomic mass is 9.80. The number of rotatable bonds is 2. The van der Waals surface area contributed by atoms with Gasteiger partial charge in [-0.25, -0.2) is 0 Å². The summed E-state index contributed by atoms with van der Waals surface area (Å²) in [6.07, 6.45) is 10.9. The summed E-state index contributed by atoms with van der Waals surface area (Å²) in [5.41, 5.74) is 0. The van der Waals surface area contributed by atoms with Crippen LogP contribution < -0.4 is 0 Å². The van der Waals surface area contributed by atoms with E-state index in [1.165, 1.54) is 19.3 Å². The second-order valence-electron chi connectivity index (χ2n) is 4.64. The van der Waals surface area contributed by atoms with Gasteiger partial charge in [0.25, 0.3) is 0 Å². The molecule has 0 aromatic heterocycles. The molecule has 0 aromatic rings. The van der Waals surface area contributed by atoms with Crippen molar-refractivity contribution >= 4 is 0 Å². The monoisotopic (exact) mass is 176 g/mol. The lowest BCUT2D eigenvalue weighted by molar-refractivity contribution is 0.0539. The zero-order valence-corrected chi connectivity index (χ0v) is 7.86. The van der Waals surface area contributed by atoms with Crippen molar-refractivity contribution in [2.45, 2.75) is 25.4 Å². The molecule has 0 N–H and O–H groups in total. The van der Waals surface area contributed by atoms with Crippen LogP contribution in [0.15, 0.2) is 25.0 Å². The fourth-order valence-corrected chi connectivity index (χ4v) is 3.78. The van der Waals surface area contributed by atoms with Crippen LogP contribution in [0.4, 0.5) is 0 Å². The second-order valence-corrected chi connectivity index (χ2v) is 4.64. The summed E-state index contributed by atoms with van der Waals surface area (Å²) in [5.74, 6) is 3.54. The Morgan fingerprint density at radius 1 is 1.31 bits per heavy atom. The van der Waals surface area contributed by atoms with Crippen molar-refractivity contribution in [3.05, 3.63) is 25.0 Å². The second kappa shape index (κ2) is 2.63. The third-order valence-corrected chi connectivity index (χ3v) is 4.21. The molecule has 70 valence electrons. The number of hydrogen-bond acceptors (Lipinski definition) is 1. The number of fused-ring (bicyclic) bond motifs is 5. The smallest absolute Gasteiger partial charge is 0.101 e. The molecule has 0 radical (unpaired) electrons. The summed E-state index contributed by atoms with van der Waals surface area (Å²) in [7, 11) is 0. The van der Waals surface area contributed by atoms with Crippen LogP contribution in [-0.2, 0) is 4.74 Å². The van der Waals surface area contributed by atoms with Crippen LogP contribution >= 0.6 is 0 Å². The molecule has 2 fully saturated rings. The van der Waals surface area contributed by atoms with Crippen LogP contribution in [0.25, 0.3) is 0 Å². The van der Waals surface area contributed by atoms with E-state index >= 15 is 0 Å². The van der Waals surface area contributed by atoms with E-state index in [2.05, 4.69) is 18.7 Å². The van der Waals surface area contributed by atoms with Gasteiger partial charge in [-0.3, -0.25) is 0 Å². The predicted octanol–water partition coefficient (Wildman–Crippen LogP) is 2.75. The van der Waals surface area contributed by atoms with E-state index in [1.807, 2.05) is 0 Å². The maximum absolute atomic E-state index is 5.58. The molecule has 3 aliphatic rings. The van der Waals surface area contributed by atoms with Crippen LogP contribution in [0.1, 0.15) is 19.3 Å². The van der Waals surface area contributed by atoms with Crippen molar-refractivity contribution in [2.75, 3.05) is 0 Å². The van der Waals surface area contributed by atoms with E-state index in [-0.39, 0.29) is 0 Å². The van der Waals surface area contributed by atoms with E-state index < -0.39 is 0 Å². The van der Waals surface area contributed by atoms with Gasteiger partial charge < -0.3 is 4.74 Å². The third-order valence-electron chi connectivity index (χ3n) is 4.21. The third kappa shape index (κ3) is 0.932. The Kier molecular flexibility index (Phi) is 1.55. The molecule has 3 aliphatic carbocycles. The Bertz CT molecular complexity index is 256. The lowest BCUT2D eigenvalue weighted by Gasteiger charge is -2.30. The summed E-state index contributed by atoms with van der Waals surface area (Å²) in [4.78, 5) is 0. The average Bonchev–Trinajstić information content (AvgIpc) is 2.72. The average molecular weight is 176 g/mol. The Balaban J connectivity index is 1.80. The fraction of sp³-hybridized carbons (Fsp3) is 0.667. The van der Waals surface area contributed by atoms with Crippen LogP contribution in [0.5, 0.6) is 0 Å². The van der Waals surface area contributed by atoms with E-state index in [4.69, 9.17) is 4.74 Å². The highest BCUT2D eigenvalue weighted by Crippen LogP contribution is 2.57. The molecule has 0 aromatic carbocycles. The van der Waals surface area contributed by atoms with Gasteiger partial charge in [-0.05, 0) is 42.9 Å². The van der Waals surface area contributed by atoms with Gasteiger partial charge in [0, 0.05) is 0 Å². The van der Waals surface area contributed by atoms with Crippen molar-refractivity contribution in [3.63, 3.8) is 0 Å². The molecular weight excluding hydrogens is 160 g/mol. The van der Waals surface area contributed by atoms with Crippen molar-refractivity contribution in [3.8, 4) is 0 Å². The molecule has 0 amide bonds. The minimum atomic E-state index is 0.489. The van der Waals surface area contributed by atoms with Gasteiger partial charge in [-0.2, -0.15) is 0 Å². The zero-order chi connectivity index (χ0) is 8.84. The Morgan fingerprint density at radius 3 is 3.08 bits per heavy atom. The van der Waals surface area contributed by atoms with Crippen molar-refractivity contribution in [1.29, 1.82) is 0 Å². The highest BCUT2D eigenvalue weighted by molar-refractivity contribution is 5.14. The molecule has 2 saturated carbocycles. The first-order chi connectivity index (χ1) is 6.40. The molecule has 3 rings (SSSR count). The van der Waals surface area contributed by atoms with Gasteiger partial charge in [-0.15, -0.1) is 0 Å². The van der Waals surface area contributed by atoms with Crippen LogP contribution in [0.3, 0.4) is 0 Å². The van der Waals surface area contributed by atoms with Gasteiger partial charge in [0.2, 0.25) is 0 Å². The molecular formula is C12H16O. The Morgan fingerprint density at radius 2 is 2.23 bits per heavy atom. The molecule has 0 saturated heterocycles. The summed E-state index contributed by atoms with van der Waals surface area (Å²) in [6.45, 7) is 3.66. The highest BCUT2D eigenvalue weighted by Gasteiger charge is 2.53. The summed E-state index contributed by atoms with van der Waals surface area (Å²) >= 11 is 0. The molecule has 0 spiro atoms. The first-order valence-corrected chi connectivity index (χ1v) is 5.33. The highest BCUT2D eigenvalue weighted by atomic mass is 16.5. The van der Waals surface area contributed by atoms with Gasteiger partial charge in [0.15, 0.2) is 0 Å². The molecule has 1 heteroatoms. The minimum absolute atomic E-state index is 0.489. The summed E-state index contributed by atoms with van der Waals surface area (Å²) in [5, 5.41) is 0. The van der Waals surface area contributed by atoms with E-state index in [0.717, 1.165) is 23.7 Å². The van der Waals surface area contributed by atoms with Crippen LogP contribution in [-0.4, -0.2) is 6.10 Å². The standard InChI is InChI=1S/C12H16O/c1-2-13-12-7-8-6-11(12)10-5-3-4-9(8)10/h2-4,8-12H,1,5-7H2/t8-,9-,10-,11-,12+/m0/s1. The largest absolute Gasteiger partial charge is 0.498 e. The summed E-state index contributed by atoms with van der Waals surface area (Å²) in [6, 6.07) is 0. The van der Waals surface area contributed by atoms with Crippen LogP contribution in [0.2, 0.25) is 0 Å². The van der Waals surface area contributed by atoms with Crippen molar-refractivity contribution in [1.82, 2.24) is 0 Å². The molecule has 13 heavy (non-hydrogen) atoms. The Hall–Kier alpha value is -0.720. The van der Waals surface area contributed by atoms with Crippen LogP contribution in [0, 0.1) is 23.7 Å². The first-order valence-electron chi connectivity index (χ1n) is 5.33. The van der Waals surface area contributed by atoms with Crippen molar-refractivity contribution in [2.24, 2.45) is 23.7 Å². The van der Waals surface area contributed by atoms with Gasteiger partial charge >= 0.3 is 0 Å². The molecule has 1 nitrogen and oxygen atoms in total. The van der Waals surface area contributed by atoms with E-state index in [1.54, 1.807) is 6.26 Å². The van der Waals surface area contributed by atoms with Gasteiger partial charge in [0.1, 0.15) is 6.10 Å². The lowest BCUT2D eigenvalue weighted by Crippen LogP contribution is -2.29. The van der Waals surface area contributed by atoms with Crippen molar-refractivity contribution < 1.29 is 4.74 Å². The zero-order valence-electron chi connectivity index (χ0n) is 7.86. The molecule has 2 bridgehead atoms. The summed E-state index contributed by atoms with van der Waals surface area (Å²) < 4.78 is 5.58. The maximum Gasteiger partial charge on any atom is 0.101 e. The SMILES string of the molecule is C=CO[C@@H]1C[C@@H]2C[C@H]1[C@H]1CC=C[C@@H]21. The predicted molar refractivity (Wildman–Crippen MR) is 52.0 cm³/mol. The molecule has 5 atom stereocenters. The number of ether oxygens (including phenoxy) is 1. The van der Waals surface area contributed by atoms with E-state index in [0.29, 0.717) is 6.10 Å². The van der Waals surface area contributed by atoms with Gasteiger partial charge in [-0.1, -0.05) is 18.7 Å². The Labute approximate surface area is 79.5 Å². The van der Waals surface area contributed by atoms with Gasteiger partial charge in [0.05, 0.1) is 6.26 Å². The minimum Gasteiger partial charge on any atom is -0.498 e. The molecule has 0 unspecified atom stereocenters. The fourth-order valence-electron chi connectivity index (χ4n) is 3.78. The molecule has 0 aliphatic heterocycles. The van der Waals surface area contributed by atoms with E-state index in [9.17, 15) is 0 Å². The topological polar surface area (TPSA) is 9.23 Å². The quantitative estimate of drug-likeness (QED) is 0.464.